The minimum absolute atomic E-state index is 0.0241. The Hall–Kier alpha value is -1.26. The second kappa shape index (κ2) is 5.80. The van der Waals surface area contributed by atoms with Crippen LogP contribution < -0.4 is 0 Å². The van der Waals surface area contributed by atoms with Crippen molar-refractivity contribution in [3.8, 4) is 0 Å². The molecule has 0 saturated heterocycles. The average molecular weight is 327 g/mol. The zero-order valence-electron chi connectivity index (χ0n) is 10.3. The Morgan fingerprint density at radius 2 is 1.84 bits per heavy atom. The van der Waals surface area contributed by atoms with Gasteiger partial charge in [0.05, 0.1) is 10.6 Å². The second-order valence-corrected chi connectivity index (χ2v) is 5.29. The molecule has 0 amide bonds. The quantitative estimate of drug-likeness (QED) is 0.833. The number of hydrogen-bond donors (Lipinski definition) is 1. The highest BCUT2D eigenvalue weighted by Gasteiger charge is 2.17. The van der Waals surface area contributed by atoms with Crippen LogP contribution in [0, 0.1) is 18.6 Å². The highest BCUT2D eigenvalue weighted by molar-refractivity contribution is 9.10. The largest absolute Gasteiger partial charge is 0.388 e. The Balaban J connectivity index is 2.28. The van der Waals surface area contributed by atoms with E-state index in [-0.39, 0.29) is 16.5 Å². The number of rotatable bonds is 3. The molecule has 0 spiro atoms. The molecule has 1 atom stereocenters. The topological polar surface area (TPSA) is 20.2 Å². The molecular weight excluding hydrogens is 314 g/mol. The summed E-state index contributed by atoms with van der Waals surface area (Å²) in [5, 5.41) is 10.1. The lowest BCUT2D eigenvalue weighted by Gasteiger charge is -2.14. The van der Waals surface area contributed by atoms with E-state index < -0.39 is 17.7 Å². The maximum atomic E-state index is 13.7. The Morgan fingerprint density at radius 3 is 2.53 bits per heavy atom. The molecule has 19 heavy (non-hydrogen) atoms. The van der Waals surface area contributed by atoms with Gasteiger partial charge in [-0.3, -0.25) is 0 Å². The van der Waals surface area contributed by atoms with Gasteiger partial charge in [0.25, 0.3) is 0 Å². The lowest BCUT2D eigenvalue weighted by atomic mass is 9.98. The van der Waals surface area contributed by atoms with Gasteiger partial charge < -0.3 is 5.11 Å². The molecule has 1 N–H and O–H groups in total. The van der Waals surface area contributed by atoms with Crippen LogP contribution in [0.2, 0.25) is 0 Å². The van der Waals surface area contributed by atoms with Crippen LogP contribution in [0.15, 0.2) is 40.9 Å². The van der Waals surface area contributed by atoms with Crippen molar-refractivity contribution >= 4 is 15.9 Å². The molecule has 0 bridgehead atoms. The van der Waals surface area contributed by atoms with Crippen LogP contribution in [0.3, 0.4) is 0 Å². The van der Waals surface area contributed by atoms with Crippen LogP contribution in [-0.2, 0) is 6.42 Å². The van der Waals surface area contributed by atoms with Gasteiger partial charge in [-0.1, -0.05) is 24.3 Å². The number of aliphatic hydroxyl groups excluding tert-OH is 1. The lowest BCUT2D eigenvalue weighted by molar-refractivity contribution is 0.173. The van der Waals surface area contributed by atoms with Crippen LogP contribution >= 0.6 is 15.9 Å². The third-order valence-corrected chi connectivity index (χ3v) is 3.68. The van der Waals surface area contributed by atoms with Crippen molar-refractivity contribution in [1.82, 2.24) is 0 Å². The minimum atomic E-state index is -1.07. The van der Waals surface area contributed by atoms with E-state index in [1.54, 1.807) is 0 Å². The summed E-state index contributed by atoms with van der Waals surface area (Å²) in [5.41, 5.74) is 1.90. The van der Waals surface area contributed by atoms with Crippen molar-refractivity contribution in [3.63, 3.8) is 0 Å². The van der Waals surface area contributed by atoms with Crippen LogP contribution in [-0.4, -0.2) is 5.11 Å². The van der Waals surface area contributed by atoms with Gasteiger partial charge in [-0.25, -0.2) is 8.78 Å². The molecule has 4 heteroatoms. The van der Waals surface area contributed by atoms with Gasteiger partial charge >= 0.3 is 0 Å². The number of hydrogen-bond acceptors (Lipinski definition) is 1. The number of benzene rings is 2. The highest BCUT2D eigenvalue weighted by Crippen LogP contribution is 2.27. The fourth-order valence-electron chi connectivity index (χ4n) is 1.95. The Bertz CT molecular complexity index is 599. The minimum Gasteiger partial charge on any atom is -0.388 e. The highest BCUT2D eigenvalue weighted by atomic mass is 79.9. The van der Waals surface area contributed by atoms with E-state index in [1.165, 1.54) is 0 Å². The maximum absolute atomic E-state index is 13.7. The SMILES string of the molecule is Cc1ccccc1CC(O)c1cc(F)c(Br)cc1F. The van der Waals surface area contributed by atoms with Gasteiger partial charge in [0, 0.05) is 12.0 Å². The summed E-state index contributed by atoms with van der Waals surface area (Å²) in [6.45, 7) is 1.92. The Labute approximate surface area is 119 Å². The molecule has 0 aromatic heterocycles. The normalized spacial score (nSPS) is 12.5. The first kappa shape index (κ1) is 14.2. The zero-order chi connectivity index (χ0) is 14.0. The van der Waals surface area contributed by atoms with Gasteiger partial charge in [0.1, 0.15) is 11.6 Å². The van der Waals surface area contributed by atoms with Crippen molar-refractivity contribution in [1.29, 1.82) is 0 Å². The molecule has 0 fully saturated rings. The third kappa shape index (κ3) is 3.19. The summed E-state index contributed by atoms with van der Waals surface area (Å²) in [4.78, 5) is 0. The first-order valence-corrected chi connectivity index (χ1v) is 6.65. The van der Waals surface area contributed by atoms with Crippen LogP contribution in [0.5, 0.6) is 0 Å². The van der Waals surface area contributed by atoms with Gasteiger partial charge in [0.15, 0.2) is 0 Å². The van der Waals surface area contributed by atoms with Crippen molar-refractivity contribution in [2.45, 2.75) is 19.4 Å². The second-order valence-electron chi connectivity index (χ2n) is 4.43. The van der Waals surface area contributed by atoms with Gasteiger partial charge in [-0.05, 0) is 46.1 Å². The number of aryl methyl sites for hydroxylation is 1. The van der Waals surface area contributed by atoms with Crippen molar-refractivity contribution in [2.75, 3.05) is 0 Å². The lowest BCUT2D eigenvalue weighted by Crippen LogP contribution is -2.06. The molecule has 2 aromatic rings. The first-order chi connectivity index (χ1) is 8.99. The number of aliphatic hydroxyl groups is 1. The average Bonchev–Trinajstić information content (AvgIpc) is 2.36. The summed E-state index contributed by atoms with van der Waals surface area (Å²) >= 11 is 2.91. The molecule has 100 valence electrons. The zero-order valence-corrected chi connectivity index (χ0v) is 11.9. The third-order valence-electron chi connectivity index (χ3n) is 3.07. The molecule has 0 aliphatic rings. The predicted octanol–water partition coefficient (Wildman–Crippen LogP) is 4.31. The molecular formula is C15H13BrF2O. The summed E-state index contributed by atoms with van der Waals surface area (Å²) in [6.07, 6.45) is -0.811. The molecule has 0 aliphatic heterocycles. The van der Waals surface area contributed by atoms with E-state index in [4.69, 9.17) is 0 Å². The van der Waals surface area contributed by atoms with Crippen molar-refractivity contribution in [3.05, 3.63) is 69.2 Å². The smallest absolute Gasteiger partial charge is 0.137 e. The van der Waals surface area contributed by atoms with E-state index >= 15 is 0 Å². The van der Waals surface area contributed by atoms with E-state index in [9.17, 15) is 13.9 Å². The summed E-state index contributed by atoms with van der Waals surface area (Å²) in [7, 11) is 0. The van der Waals surface area contributed by atoms with E-state index in [1.807, 2.05) is 31.2 Å². The van der Waals surface area contributed by atoms with Crippen molar-refractivity contribution in [2.24, 2.45) is 0 Å². The van der Waals surface area contributed by atoms with E-state index in [2.05, 4.69) is 15.9 Å². The molecule has 0 radical (unpaired) electrons. The van der Waals surface area contributed by atoms with Crippen LogP contribution in [0.25, 0.3) is 0 Å². The van der Waals surface area contributed by atoms with E-state index in [0.717, 1.165) is 23.3 Å². The summed E-state index contributed by atoms with van der Waals surface area (Å²) in [5.74, 6) is -1.20. The number of halogens is 3. The first-order valence-electron chi connectivity index (χ1n) is 5.86. The molecule has 0 saturated carbocycles. The van der Waals surface area contributed by atoms with Crippen molar-refractivity contribution < 1.29 is 13.9 Å². The predicted molar refractivity (Wildman–Crippen MR) is 73.9 cm³/mol. The van der Waals surface area contributed by atoms with Gasteiger partial charge in [0.2, 0.25) is 0 Å². The molecule has 2 rings (SSSR count). The molecule has 0 aliphatic carbocycles. The standard InChI is InChI=1S/C15H13BrF2O/c1-9-4-2-3-5-10(9)6-15(19)11-7-14(18)12(16)8-13(11)17/h2-5,7-8,15,19H,6H2,1H3. The molecule has 1 unspecified atom stereocenters. The van der Waals surface area contributed by atoms with Gasteiger partial charge in [-0.15, -0.1) is 0 Å². The summed E-state index contributed by atoms with van der Waals surface area (Å²) < 4.78 is 27.2. The van der Waals surface area contributed by atoms with Crippen LogP contribution in [0.4, 0.5) is 8.78 Å². The fourth-order valence-corrected chi connectivity index (χ4v) is 2.27. The Morgan fingerprint density at radius 1 is 1.16 bits per heavy atom. The Kier molecular flexibility index (Phi) is 4.32. The summed E-state index contributed by atoms with van der Waals surface area (Å²) in [6, 6.07) is 9.60. The maximum Gasteiger partial charge on any atom is 0.137 e. The molecule has 2 aromatic carbocycles. The molecule has 1 nitrogen and oxygen atoms in total. The fraction of sp³-hybridized carbons (Fsp3) is 0.200. The van der Waals surface area contributed by atoms with Gasteiger partial charge in [-0.2, -0.15) is 0 Å². The van der Waals surface area contributed by atoms with Crippen LogP contribution in [0.1, 0.15) is 22.8 Å². The van der Waals surface area contributed by atoms with E-state index in [0.29, 0.717) is 0 Å². The molecule has 0 heterocycles. The monoisotopic (exact) mass is 326 g/mol.